The Morgan fingerprint density at radius 1 is 1.23 bits per heavy atom. The minimum atomic E-state index is -2.54. The first-order chi connectivity index (χ1) is 10.5. The largest absolute Gasteiger partial charge is 0.282 e. The maximum atomic E-state index is 14.8. The number of aliphatic imine (C=N–C) groups is 1. The van der Waals surface area contributed by atoms with Gasteiger partial charge in [-0.2, -0.15) is 19.0 Å². The second-order valence-electron chi connectivity index (χ2n) is 4.76. The van der Waals surface area contributed by atoms with Crippen molar-refractivity contribution < 1.29 is 13.2 Å². The lowest BCUT2D eigenvalue weighted by Crippen LogP contribution is -2.43. The predicted molar refractivity (Wildman–Crippen MR) is 74.6 cm³/mol. The van der Waals surface area contributed by atoms with Crippen LogP contribution in [0.2, 0.25) is 0 Å². The van der Waals surface area contributed by atoms with Crippen molar-refractivity contribution in [2.24, 2.45) is 4.99 Å². The van der Waals surface area contributed by atoms with Gasteiger partial charge in [0.25, 0.3) is 5.92 Å². The number of benzene rings is 1. The number of nitrogens with zero attached hydrogens (tertiary/aromatic N) is 4. The Kier molecular flexibility index (Phi) is 3.10. The highest BCUT2D eigenvalue weighted by atomic mass is 19.2. The van der Waals surface area contributed by atoms with Crippen molar-refractivity contribution in [2.75, 3.05) is 4.90 Å². The van der Waals surface area contributed by atoms with E-state index in [-0.39, 0.29) is 17.1 Å². The second-order valence-corrected chi connectivity index (χ2v) is 4.76. The number of para-hydroxylation sites is 1. The summed E-state index contributed by atoms with van der Waals surface area (Å²) in [6.45, 7) is 1.01. The Morgan fingerprint density at radius 2 is 1.95 bits per heavy atom. The summed E-state index contributed by atoms with van der Waals surface area (Å²) in [7, 11) is 0. The Balaban J connectivity index is 2.32. The summed E-state index contributed by atoms with van der Waals surface area (Å²) in [5.74, 6) is -4.97. The molecule has 0 bridgehead atoms. The average molecular weight is 302 g/mol. The Morgan fingerprint density at radius 3 is 2.68 bits per heavy atom. The smallest absolute Gasteiger partial charge is 0.272 e. The van der Waals surface area contributed by atoms with E-state index in [1.165, 1.54) is 12.1 Å². The molecule has 1 aromatic carbocycles. The van der Waals surface area contributed by atoms with E-state index in [4.69, 9.17) is 0 Å². The van der Waals surface area contributed by atoms with Gasteiger partial charge in [0.1, 0.15) is 17.4 Å². The van der Waals surface area contributed by atoms with E-state index in [2.05, 4.69) is 9.98 Å². The van der Waals surface area contributed by atoms with E-state index < -0.39 is 23.3 Å². The van der Waals surface area contributed by atoms with E-state index in [0.29, 0.717) is 0 Å². The van der Waals surface area contributed by atoms with Crippen molar-refractivity contribution >= 4 is 17.5 Å². The number of aromatic nitrogens is 1. The molecule has 0 spiro atoms. The molecule has 2 aromatic rings. The van der Waals surface area contributed by atoms with Crippen LogP contribution < -0.4 is 4.90 Å². The van der Waals surface area contributed by atoms with Gasteiger partial charge in [-0.05, 0) is 18.2 Å². The van der Waals surface area contributed by atoms with Gasteiger partial charge in [0.15, 0.2) is 5.82 Å². The van der Waals surface area contributed by atoms with Crippen LogP contribution in [0.15, 0.2) is 41.5 Å². The molecule has 0 amide bonds. The summed E-state index contributed by atoms with van der Waals surface area (Å²) < 4.78 is 42.6. The van der Waals surface area contributed by atoms with Gasteiger partial charge in [0.05, 0.1) is 11.3 Å². The SMILES string of the molecule is CC1(F)N=C(F)c2c(F)ccnc2N1c1ccccc1C#N. The van der Waals surface area contributed by atoms with E-state index in [9.17, 15) is 18.4 Å². The molecule has 3 rings (SSSR count). The summed E-state index contributed by atoms with van der Waals surface area (Å²) in [5, 5.41) is 9.17. The van der Waals surface area contributed by atoms with Crippen molar-refractivity contribution in [3.63, 3.8) is 0 Å². The highest BCUT2D eigenvalue weighted by Crippen LogP contribution is 2.41. The van der Waals surface area contributed by atoms with Crippen molar-refractivity contribution in [1.29, 1.82) is 5.26 Å². The van der Waals surface area contributed by atoms with Crippen LogP contribution in [-0.2, 0) is 0 Å². The van der Waals surface area contributed by atoms with Crippen LogP contribution in [0.1, 0.15) is 18.1 Å². The fourth-order valence-electron chi connectivity index (χ4n) is 2.36. The molecule has 22 heavy (non-hydrogen) atoms. The minimum Gasteiger partial charge on any atom is -0.272 e. The Hall–Kier alpha value is -2.88. The number of hydrogen-bond acceptors (Lipinski definition) is 4. The van der Waals surface area contributed by atoms with Gasteiger partial charge in [-0.3, -0.25) is 4.90 Å². The molecule has 4 nitrogen and oxygen atoms in total. The fourth-order valence-corrected chi connectivity index (χ4v) is 2.36. The van der Waals surface area contributed by atoms with Crippen LogP contribution in [-0.4, -0.2) is 16.9 Å². The topological polar surface area (TPSA) is 52.3 Å². The van der Waals surface area contributed by atoms with Crippen molar-refractivity contribution in [1.82, 2.24) is 4.98 Å². The molecule has 0 radical (unpaired) electrons. The molecule has 0 fully saturated rings. The van der Waals surface area contributed by atoms with Gasteiger partial charge in [-0.1, -0.05) is 12.1 Å². The molecule has 0 saturated heterocycles. The van der Waals surface area contributed by atoms with Gasteiger partial charge in [-0.15, -0.1) is 0 Å². The average Bonchev–Trinajstić information content (AvgIpc) is 2.46. The number of nitriles is 1. The molecule has 2 heterocycles. The molecule has 110 valence electrons. The van der Waals surface area contributed by atoms with Gasteiger partial charge in [-0.25, -0.2) is 9.37 Å². The first-order valence-corrected chi connectivity index (χ1v) is 6.34. The van der Waals surface area contributed by atoms with Gasteiger partial charge in [0.2, 0.25) is 5.97 Å². The maximum Gasteiger partial charge on any atom is 0.282 e. The van der Waals surface area contributed by atoms with Crippen molar-refractivity contribution in [2.45, 2.75) is 12.8 Å². The van der Waals surface area contributed by atoms with Crippen molar-refractivity contribution in [3.05, 3.63) is 53.5 Å². The van der Waals surface area contributed by atoms with Crippen molar-refractivity contribution in [3.8, 4) is 6.07 Å². The van der Waals surface area contributed by atoms with Crippen LogP contribution in [0.25, 0.3) is 0 Å². The third-order valence-electron chi connectivity index (χ3n) is 3.27. The minimum absolute atomic E-state index is 0.130. The predicted octanol–water partition coefficient (Wildman–Crippen LogP) is 3.60. The van der Waals surface area contributed by atoms with Crippen LogP contribution in [0.5, 0.6) is 0 Å². The molecule has 0 N–H and O–H groups in total. The summed E-state index contributed by atoms with van der Waals surface area (Å²) >= 11 is 0. The monoisotopic (exact) mass is 302 g/mol. The zero-order chi connectivity index (χ0) is 15.9. The number of fused-ring (bicyclic) bond motifs is 1. The number of alkyl halides is 1. The normalized spacial score (nSPS) is 20.1. The van der Waals surface area contributed by atoms with E-state index in [1.54, 1.807) is 12.1 Å². The van der Waals surface area contributed by atoms with Gasteiger partial charge in [0, 0.05) is 13.1 Å². The molecule has 7 heteroatoms. The van der Waals surface area contributed by atoms with Gasteiger partial charge < -0.3 is 0 Å². The number of anilines is 2. The third kappa shape index (κ3) is 2.00. The second kappa shape index (κ2) is 4.84. The maximum absolute atomic E-state index is 14.8. The summed E-state index contributed by atoms with van der Waals surface area (Å²) in [6, 6.07) is 9.00. The van der Waals surface area contributed by atoms with Gasteiger partial charge >= 0.3 is 0 Å². The Bertz CT molecular complexity index is 824. The first-order valence-electron chi connectivity index (χ1n) is 6.34. The molecule has 1 aliphatic rings. The molecular formula is C15H9F3N4. The van der Waals surface area contributed by atoms with E-state index >= 15 is 0 Å². The zero-order valence-electron chi connectivity index (χ0n) is 11.4. The fraction of sp³-hybridized carbons (Fsp3) is 0.133. The number of rotatable bonds is 1. The summed E-state index contributed by atoms with van der Waals surface area (Å²) in [6.07, 6.45) is 1.10. The molecule has 1 unspecified atom stereocenters. The molecule has 0 saturated carbocycles. The quantitative estimate of drug-likeness (QED) is 0.756. The van der Waals surface area contributed by atoms with Crippen LogP contribution in [0.4, 0.5) is 24.7 Å². The molecule has 1 aromatic heterocycles. The number of hydrogen-bond donors (Lipinski definition) is 0. The molecule has 1 aliphatic heterocycles. The van der Waals surface area contributed by atoms with Crippen LogP contribution in [0.3, 0.4) is 0 Å². The molecule has 1 atom stereocenters. The van der Waals surface area contributed by atoms with E-state index in [1.807, 2.05) is 6.07 Å². The van der Waals surface area contributed by atoms with Crippen LogP contribution in [0, 0.1) is 17.1 Å². The molecule has 0 aliphatic carbocycles. The summed E-state index contributed by atoms with van der Waals surface area (Å²) in [4.78, 5) is 8.05. The number of halogens is 3. The zero-order valence-corrected chi connectivity index (χ0v) is 11.4. The number of pyridine rings is 1. The lowest BCUT2D eigenvalue weighted by molar-refractivity contribution is 0.205. The highest BCUT2D eigenvalue weighted by Gasteiger charge is 2.42. The lowest BCUT2D eigenvalue weighted by atomic mass is 10.1. The lowest BCUT2D eigenvalue weighted by Gasteiger charge is -2.36. The molecular weight excluding hydrogens is 293 g/mol. The Labute approximate surface area is 124 Å². The van der Waals surface area contributed by atoms with E-state index in [0.717, 1.165) is 24.1 Å². The standard InChI is InChI=1S/C15H9F3N4/c1-15(18)21-13(17)12-10(16)6-7-20-14(12)22(15)11-5-3-2-4-9(11)8-19/h2-7H,1H3. The highest BCUT2D eigenvalue weighted by molar-refractivity contribution is 6.01. The first kappa shape index (κ1) is 14.1. The van der Waals surface area contributed by atoms with Crippen LogP contribution >= 0.6 is 0 Å². The third-order valence-corrected chi connectivity index (χ3v) is 3.27. The summed E-state index contributed by atoms with van der Waals surface area (Å²) in [5.41, 5.74) is -0.253.